The molecule has 5 nitrogen and oxygen atoms in total. The third-order valence-electron chi connectivity index (χ3n) is 2.53. The molecule has 20 heavy (non-hydrogen) atoms. The Balaban J connectivity index is 2.68. The van der Waals surface area contributed by atoms with Gasteiger partial charge in [0.15, 0.2) is 0 Å². The first kappa shape index (κ1) is 16.7. The highest BCUT2D eigenvalue weighted by Gasteiger charge is 2.18. The fourth-order valence-corrected chi connectivity index (χ4v) is 1.63. The van der Waals surface area contributed by atoms with Gasteiger partial charge in [0.05, 0.1) is 4.83 Å². The Morgan fingerprint density at radius 3 is 2.40 bits per heavy atom. The van der Waals surface area contributed by atoms with Gasteiger partial charge in [-0.1, -0.05) is 35.8 Å². The van der Waals surface area contributed by atoms with E-state index in [0.29, 0.717) is 11.4 Å². The van der Waals surface area contributed by atoms with Crippen LogP contribution in [0.1, 0.15) is 13.8 Å². The van der Waals surface area contributed by atoms with Crippen molar-refractivity contribution in [2.45, 2.75) is 18.7 Å². The summed E-state index contributed by atoms with van der Waals surface area (Å²) in [5, 5.41) is 5.48. The summed E-state index contributed by atoms with van der Waals surface area (Å²) in [5.41, 5.74) is 1.25. The number of amides is 2. The lowest BCUT2D eigenvalue weighted by molar-refractivity contribution is -0.119. The highest BCUT2D eigenvalue weighted by atomic mass is 79.9. The Hall–Kier alpha value is -1.40. The standard InChI is InChI=1S/C14H19BrN2O3/c1-9(2)13(15)14(19)17-11-6-4-5-10(7-11)16-12(18)8-20-3/h4-7,9,13H,8H2,1-3H3,(H,16,18)(H,17,19). The van der Waals surface area contributed by atoms with E-state index in [1.807, 2.05) is 13.8 Å². The van der Waals surface area contributed by atoms with Crippen LogP contribution in [-0.4, -0.2) is 30.4 Å². The second kappa shape index (κ2) is 8.01. The molecule has 1 rings (SSSR count). The van der Waals surface area contributed by atoms with Crippen molar-refractivity contribution in [3.8, 4) is 0 Å². The summed E-state index contributed by atoms with van der Waals surface area (Å²) in [4.78, 5) is 23.1. The number of alkyl halides is 1. The number of carbonyl (C=O) groups is 2. The van der Waals surface area contributed by atoms with E-state index in [1.54, 1.807) is 24.3 Å². The number of hydrogen-bond donors (Lipinski definition) is 2. The maximum atomic E-state index is 11.9. The number of carbonyl (C=O) groups excluding carboxylic acids is 2. The van der Waals surface area contributed by atoms with Crippen LogP contribution < -0.4 is 10.6 Å². The fourth-order valence-electron chi connectivity index (χ4n) is 1.52. The van der Waals surface area contributed by atoms with Gasteiger partial charge in [0.1, 0.15) is 6.61 Å². The molecule has 0 spiro atoms. The molecule has 1 atom stereocenters. The Labute approximate surface area is 127 Å². The second-order valence-electron chi connectivity index (χ2n) is 4.70. The Morgan fingerprint density at radius 2 is 1.85 bits per heavy atom. The maximum Gasteiger partial charge on any atom is 0.250 e. The van der Waals surface area contributed by atoms with Gasteiger partial charge in [-0.2, -0.15) is 0 Å². The monoisotopic (exact) mass is 342 g/mol. The average molecular weight is 343 g/mol. The molecule has 0 aromatic heterocycles. The van der Waals surface area contributed by atoms with Gasteiger partial charge >= 0.3 is 0 Å². The summed E-state index contributed by atoms with van der Waals surface area (Å²) in [6, 6.07) is 6.98. The number of methoxy groups -OCH3 is 1. The molecule has 2 amide bonds. The number of ether oxygens (including phenoxy) is 1. The molecule has 0 heterocycles. The zero-order valence-corrected chi connectivity index (χ0v) is 13.4. The molecule has 0 aliphatic carbocycles. The highest BCUT2D eigenvalue weighted by Crippen LogP contribution is 2.18. The molecule has 110 valence electrons. The number of anilines is 2. The van der Waals surface area contributed by atoms with Crippen LogP contribution in [0.3, 0.4) is 0 Å². The second-order valence-corrected chi connectivity index (χ2v) is 5.68. The lowest BCUT2D eigenvalue weighted by Crippen LogP contribution is -2.27. The van der Waals surface area contributed by atoms with Crippen molar-refractivity contribution in [2.75, 3.05) is 24.4 Å². The summed E-state index contributed by atoms with van der Waals surface area (Å²) < 4.78 is 4.74. The van der Waals surface area contributed by atoms with E-state index in [2.05, 4.69) is 26.6 Å². The van der Waals surface area contributed by atoms with Crippen LogP contribution in [-0.2, 0) is 14.3 Å². The summed E-state index contributed by atoms with van der Waals surface area (Å²) in [6.07, 6.45) is 0. The van der Waals surface area contributed by atoms with Crippen molar-refractivity contribution in [1.82, 2.24) is 0 Å². The van der Waals surface area contributed by atoms with Gasteiger partial charge in [-0.15, -0.1) is 0 Å². The van der Waals surface area contributed by atoms with Crippen LogP contribution in [0.4, 0.5) is 11.4 Å². The molecular formula is C14H19BrN2O3. The largest absolute Gasteiger partial charge is 0.375 e. The summed E-state index contributed by atoms with van der Waals surface area (Å²) in [7, 11) is 1.46. The van der Waals surface area contributed by atoms with Crippen molar-refractivity contribution in [3.05, 3.63) is 24.3 Å². The van der Waals surface area contributed by atoms with Crippen LogP contribution >= 0.6 is 15.9 Å². The minimum atomic E-state index is -0.255. The number of hydrogen-bond acceptors (Lipinski definition) is 3. The SMILES string of the molecule is COCC(=O)Nc1cccc(NC(=O)C(Br)C(C)C)c1. The van der Waals surface area contributed by atoms with Crippen LogP contribution in [0.25, 0.3) is 0 Å². The molecule has 0 radical (unpaired) electrons. The maximum absolute atomic E-state index is 11.9. The van der Waals surface area contributed by atoms with Crippen molar-refractivity contribution >= 4 is 39.1 Å². The fraction of sp³-hybridized carbons (Fsp3) is 0.429. The molecule has 0 saturated carbocycles. The lowest BCUT2D eigenvalue weighted by Gasteiger charge is -2.14. The topological polar surface area (TPSA) is 67.4 Å². The van der Waals surface area contributed by atoms with Gasteiger partial charge in [-0.25, -0.2) is 0 Å². The van der Waals surface area contributed by atoms with Crippen molar-refractivity contribution in [1.29, 1.82) is 0 Å². The van der Waals surface area contributed by atoms with E-state index in [0.717, 1.165) is 0 Å². The molecule has 6 heteroatoms. The first-order valence-corrected chi connectivity index (χ1v) is 7.19. The molecular weight excluding hydrogens is 324 g/mol. The van der Waals surface area contributed by atoms with Gasteiger partial charge in [-0.05, 0) is 24.1 Å². The molecule has 0 aliphatic rings. The zero-order chi connectivity index (χ0) is 15.1. The Morgan fingerprint density at radius 1 is 1.25 bits per heavy atom. The molecule has 1 unspecified atom stereocenters. The number of benzene rings is 1. The molecule has 2 N–H and O–H groups in total. The Bertz CT molecular complexity index is 477. The van der Waals surface area contributed by atoms with Gasteiger partial charge < -0.3 is 15.4 Å². The normalized spacial score (nSPS) is 12.1. The van der Waals surface area contributed by atoms with Crippen molar-refractivity contribution in [3.63, 3.8) is 0 Å². The predicted octanol–water partition coefficient (Wildman–Crippen LogP) is 2.63. The number of halogens is 1. The average Bonchev–Trinajstić information content (AvgIpc) is 2.38. The first-order chi connectivity index (χ1) is 9.43. The number of rotatable bonds is 6. The molecule has 0 aliphatic heterocycles. The van der Waals surface area contributed by atoms with Crippen LogP contribution in [0.15, 0.2) is 24.3 Å². The first-order valence-electron chi connectivity index (χ1n) is 6.28. The minimum Gasteiger partial charge on any atom is -0.375 e. The van der Waals surface area contributed by atoms with E-state index < -0.39 is 0 Å². The third kappa shape index (κ3) is 5.30. The van der Waals surface area contributed by atoms with Gasteiger partial charge in [0.25, 0.3) is 0 Å². The van der Waals surface area contributed by atoms with E-state index in [1.165, 1.54) is 7.11 Å². The minimum absolute atomic E-state index is 0.00654. The highest BCUT2D eigenvalue weighted by molar-refractivity contribution is 9.10. The van der Waals surface area contributed by atoms with E-state index in [-0.39, 0.29) is 29.2 Å². The third-order valence-corrected chi connectivity index (χ3v) is 4.00. The van der Waals surface area contributed by atoms with Crippen LogP contribution in [0.5, 0.6) is 0 Å². The van der Waals surface area contributed by atoms with Crippen LogP contribution in [0.2, 0.25) is 0 Å². The smallest absolute Gasteiger partial charge is 0.250 e. The molecule has 0 saturated heterocycles. The summed E-state index contributed by atoms with van der Waals surface area (Å²) in [6.45, 7) is 3.91. The molecule has 1 aromatic rings. The summed E-state index contributed by atoms with van der Waals surface area (Å²) >= 11 is 3.35. The van der Waals surface area contributed by atoms with E-state index in [4.69, 9.17) is 4.74 Å². The van der Waals surface area contributed by atoms with Gasteiger partial charge in [0, 0.05) is 18.5 Å². The van der Waals surface area contributed by atoms with E-state index in [9.17, 15) is 9.59 Å². The van der Waals surface area contributed by atoms with Gasteiger partial charge in [-0.3, -0.25) is 9.59 Å². The quantitative estimate of drug-likeness (QED) is 0.781. The summed E-state index contributed by atoms with van der Waals surface area (Å²) in [5.74, 6) is -0.156. The number of nitrogens with one attached hydrogen (secondary N) is 2. The Kier molecular flexibility index (Phi) is 6.67. The van der Waals surface area contributed by atoms with Crippen LogP contribution in [0, 0.1) is 5.92 Å². The molecule has 0 fully saturated rings. The molecule has 1 aromatic carbocycles. The zero-order valence-electron chi connectivity index (χ0n) is 11.8. The van der Waals surface area contributed by atoms with E-state index >= 15 is 0 Å². The predicted molar refractivity (Wildman–Crippen MR) is 83.1 cm³/mol. The lowest BCUT2D eigenvalue weighted by atomic mass is 10.1. The molecule has 0 bridgehead atoms. The van der Waals surface area contributed by atoms with Gasteiger partial charge in [0.2, 0.25) is 11.8 Å². The van der Waals surface area contributed by atoms with Crippen molar-refractivity contribution < 1.29 is 14.3 Å². The van der Waals surface area contributed by atoms with Crippen molar-refractivity contribution in [2.24, 2.45) is 5.92 Å².